The Morgan fingerprint density at radius 2 is 2.17 bits per heavy atom. The Bertz CT molecular complexity index is 747. The number of hydrogen-bond acceptors (Lipinski definition) is 4. The minimum absolute atomic E-state index is 0.0349. The lowest BCUT2D eigenvalue weighted by Gasteiger charge is -2.34. The van der Waals surface area contributed by atoms with Gasteiger partial charge >= 0.3 is 0 Å². The van der Waals surface area contributed by atoms with E-state index in [9.17, 15) is 0 Å². The van der Waals surface area contributed by atoms with E-state index >= 15 is 0 Å². The molecule has 7 heteroatoms. The van der Waals surface area contributed by atoms with Crippen molar-refractivity contribution in [3.8, 4) is 0 Å². The molecule has 1 unspecified atom stereocenters. The smallest absolute Gasteiger partial charge is 0.194 e. The van der Waals surface area contributed by atoms with Crippen LogP contribution in [0.15, 0.2) is 47.7 Å². The maximum atomic E-state index is 5.95. The van der Waals surface area contributed by atoms with Crippen LogP contribution in [0.4, 0.5) is 0 Å². The number of nitrogens with zero attached hydrogens (tertiary/aromatic N) is 4. The van der Waals surface area contributed by atoms with Crippen molar-refractivity contribution in [1.82, 2.24) is 20.0 Å². The summed E-state index contributed by atoms with van der Waals surface area (Å²) < 4.78 is 13.5. The van der Waals surface area contributed by atoms with Crippen molar-refractivity contribution in [2.45, 2.75) is 32.5 Å². The molecule has 1 N–H and O–H groups in total. The Labute approximate surface area is 173 Å². The van der Waals surface area contributed by atoms with Crippen LogP contribution in [-0.2, 0) is 23.1 Å². The molecule has 1 aromatic carbocycles. The molecule has 0 amide bonds. The summed E-state index contributed by atoms with van der Waals surface area (Å²) in [7, 11) is 1.93. The molecule has 0 saturated carbocycles. The monoisotopic (exact) mass is 399 g/mol. The van der Waals surface area contributed by atoms with Crippen LogP contribution >= 0.6 is 0 Å². The second kappa shape index (κ2) is 11.6. The van der Waals surface area contributed by atoms with Crippen molar-refractivity contribution in [2.75, 3.05) is 39.4 Å². The zero-order valence-electron chi connectivity index (χ0n) is 17.6. The molecule has 1 aliphatic rings. The van der Waals surface area contributed by atoms with Crippen LogP contribution in [0.3, 0.4) is 0 Å². The van der Waals surface area contributed by atoms with E-state index in [1.807, 2.05) is 42.3 Å². The van der Waals surface area contributed by atoms with Gasteiger partial charge in [0.15, 0.2) is 5.96 Å². The Hall–Kier alpha value is -2.38. The van der Waals surface area contributed by atoms with Crippen LogP contribution in [0.5, 0.6) is 0 Å². The summed E-state index contributed by atoms with van der Waals surface area (Å²) >= 11 is 0. The number of aliphatic imine (C=N–C) groups is 1. The highest BCUT2D eigenvalue weighted by atomic mass is 16.5. The SMILES string of the molecule is CCNC(=NCCCCOCc1ccccc1)N1CCOC(c2cnn(C)c2)C1. The summed E-state index contributed by atoms with van der Waals surface area (Å²) in [5.41, 5.74) is 2.33. The molecule has 7 nitrogen and oxygen atoms in total. The van der Waals surface area contributed by atoms with Crippen molar-refractivity contribution >= 4 is 5.96 Å². The van der Waals surface area contributed by atoms with Crippen molar-refractivity contribution in [2.24, 2.45) is 12.0 Å². The molecule has 0 spiro atoms. The quantitative estimate of drug-likeness (QED) is 0.399. The van der Waals surface area contributed by atoms with Crippen molar-refractivity contribution < 1.29 is 9.47 Å². The highest BCUT2D eigenvalue weighted by Crippen LogP contribution is 2.21. The van der Waals surface area contributed by atoms with Gasteiger partial charge in [-0.25, -0.2) is 0 Å². The van der Waals surface area contributed by atoms with Gasteiger partial charge in [-0.05, 0) is 25.3 Å². The minimum atomic E-state index is 0.0349. The van der Waals surface area contributed by atoms with Gasteiger partial charge in [0, 0.05) is 45.0 Å². The topological polar surface area (TPSA) is 63.9 Å². The van der Waals surface area contributed by atoms with Crippen molar-refractivity contribution in [3.05, 3.63) is 53.9 Å². The van der Waals surface area contributed by atoms with Gasteiger partial charge in [-0.1, -0.05) is 30.3 Å². The second-order valence-electron chi connectivity index (χ2n) is 7.23. The van der Waals surface area contributed by atoms with E-state index in [0.717, 1.165) is 57.2 Å². The lowest BCUT2D eigenvalue weighted by atomic mass is 10.1. The molecule has 1 aliphatic heterocycles. The fraction of sp³-hybridized carbons (Fsp3) is 0.545. The predicted molar refractivity (Wildman–Crippen MR) is 115 cm³/mol. The first-order valence-electron chi connectivity index (χ1n) is 10.5. The first kappa shape index (κ1) is 21.3. The summed E-state index contributed by atoms with van der Waals surface area (Å²) in [5.74, 6) is 0.967. The summed E-state index contributed by atoms with van der Waals surface area (Å²) in [6.45, 7) is 7.53. The molecule has 0 radical (unpaired) electrons. The maximum Gasteiger partial charge on any atom is 0.194 e. The largest absolute Gasteiger partial charge is 0.377 e. The third-order valence-corrected chi connectivity index (χ3v) is 4.87. The van der Waals surface area contributed by atoms with Crippen molar-refractivity contribution in [1.29, 1.82) is 0 Å². The summed E-state index contributed by atoms with van der Waals surface area (Å²) in [4.78, 5) is 7.11. The number of aromatic nitrogens is 2. The fourth-order valence-electron chi connectivity index (χ4n) is 3.34. The van der Waals surface area contributed by atoms with Gasteiger partial charge in [-0.15, -0.1) is 0 Å². The normalized spacial score (nSPS) is 17.5. The van der Waals surface area contributed by atoms with Crippen LogP contribution in [-0.4, -0.2) is 60.0 Å². The van der Waals surface area contributed by atoms with E-state index in [2.05, 4.69) is 34.4 Å². The number of morpholine rings is 1. The van der Waals surface area contributed by atoms with Gasteiger partial charge in [-0.2, -0.15) is 5.10 Å². The number of nitrogens with one attached hydrogen (secondary N) is 1. The van der Waals surface area contributed by atoms with E-state index in [1.54, 1.807) is 0 Å². The van der Waals surface area contributed by atoms with E-state index in [4.69, 9.17) is 14.5 Å². The molecule has 2 aromatic rings. The first-order chi connectivity index (χ1) is 14.3. The molecule has 0 bridgehead atoms. The summed E-state index contributed by atoms with van der Waals surface area (Å²) in [6.07, 6.45) is 5.96. The Morgan fingerprint density at radius 1 is 1.31 bits per heavy atom. The summed E-state index contributed by atoms with van der Waals surface area (Å²) in [5, 5.41) is 7.68. The fourth-order valence-corrected chi connectivity index (χ4v) is 3.34. The minimum Gasteiger partial charge on any atom is -0.377 e. The molecule has 0 aliphatic carbocycles. The predicted octanol–water partition coefficient (Wildman–Crippen LogP) is 2.76. The van der Waals surface area contributed by atoms with E-state index < -0.39 is 0 Å². The molecule has 158 valence electrons. The van der Waals surface area contributed by atoms with Crippen molar-refractivity contribution in [3.63, 3.8) is 0 Å². The molecule has 3 rings (SSSR count). The lowest BCUT2D eigenvalue weighted by Crippen LogP contribution is -2.48. The van der Waals surface area contributed by atoms with Gasteiger partial charge in [0.2, 0.25) is 0 Å². The van der Waals surface area contributed by atoms with E-state index in [0.29, 0.717) is 13.2 Å². The van der Waals surface area contributed by atoms with Gasteiger partial charge in [0.05, 0.1) is 26.0 Å². The Morgan fingerprint density at radius 3 is 2.93 bits per heavy atom. The van der Waals surface area contributed by atoms with Gasteiger partial charge < -0.3 is 19.7 Å². The molecule has 2 heterocycles. The highest BCUT2D eigenvalue weighted by Gasteiger charge is 2.25. The third-order valence-electron chi connectivity index (χ3n) is 4.87. The highest BCUT2D eigenvalue weighted by molar-refractivity contribution is 5.80. The number of rotatable bonds is 9. The van der Waals surface area contributed by atoms with Crippen LogP contribution in [0.25, 0.3) is 0 Å². The van der Waals surface area contributed by atoms with E-state index in [1.165, 1.54) is 5.56 Å². The van der Waals surface area contributed by atoms with Gasteiger partial charge in [0.25, 0.3) is 0 Å². The first-order valence-corrected chi connectivity index (χ1v) is 10.5. The van der Waals surface area contributed by atoms with Crippen LogP contribution < -0.4 is 5.32 Å². The average Bonchev–Trinajstić information content (AvgIpc) is 3.19. The molecule has 1 saturated heterocycles. The number of hydrogen-bond donors (Lipinski definition) is 1. The second-order valence-corrected chi connectivity index (χ2v) is 7.23. The standard InChI is InChI=1S/C22H33N5O2/c1-3-23-22(24-11-7-8-13-28-18-19-9-5-4-6-10-19)27-12-14-29-21(17-27)20-15-25-26(2)16-20/h4-6,9-10,15-16,21H,3,7-8,11-14,17-18H2,1-2H3,(H,23,24). The number of ether oxygens (including phenoxy) is 2. The average molecular weight is 400 g/mol. The third kappa shape index (κ3) is 6.87. The zero-order valence-corrected chi connectivity index (χ0v) is 17.6. The van der Waals surface area contributed by atoms with Gasteiger partial charge in [-0.3, -0.25) is 9.67 Å². The summed E-state index contributed by atoms with van der Waals surface area (Å²) in [6, 6.07) is 10.3. The van der Waals surface area contributed by atoms with Crippen LogP contribution in [0, 0.1) is 0 Å². The van der Waals surface area contributed by atoms with E-state index in [-0.39, 0.29) is 6.10 Å². The molecule has 1 aromatic heterocycles. The van der Waals surface area contributed by atoms with Gasteiger partial charge in [0.1, 0.15) is 6.10 Å². The Balaban J connectivity index is 1.41. The zero-order chi connectivity index (χ0) is 20.3. The van der Waals surface area contributed by atoms with Crippen LogP contribution in [0.2, 0.25) is 0 Å². The molecular weight excluding hydrogens is 366 g/mol. The maximum absolute atomic E-state index is 5.95. The number of guanidine groups is 1. The lowest BCUT2D eigenvalue weighted by molar-refractivity contribution is -0.00804. The Kier molecular flexibility index (Phi) is 8.52. The molecule has 1 fully saturated rings. The molecule has 29 heavy (non-hydrogen) atoms. The molecule has 1 atom stereocenters. The number of unbranched alkanes of at least 4 members (excludes halogenated alkanes) is 1. The molecular formula is C22H33N5O2. The number of benzene rings is 1. The van der Waals surface area contributed by atoms with Crippen LogP contribution in [0.1, 0.15) is 37.0 Å². The number of aryl methyl sites for hydroxylation is 1.